The van der Waals surface area contributed by atoms with Gasteiger partial charge in [0, 0.05) is 18.8 Å². The van der Waals surface area contributed by atoms with Crippen molar-refractivity contribution in [1.29, 1.82) is 5.26 Å². The number of nitrogens with zero attached hydrogens (tertiary/aromatic N) is 2. The van der Waals surface area contributed by atoms with Gasteiger partial charge in [0.05, 0.1) is 23.3 Å². The van der Waals surface area contributed by atoms with Crippen molar-refractivity contribution < 1.29 is 18.3 Å². The predicted molar refractivity (Wildman–Crippen MR) is 54.4 cm³/mol. The minimum Gasteiger partial charge on any atom is -0.389 e. The minimum atomic E-state index is -4.54. The molecule has 17 heavy (non-hydrogen) atoms. The van der Waals surface area contributed by atoms with Crippen molar-refractivity contribution in [3.05, 3.63) is 29.3 Å². The summed E-state index contributed by atoms with van der Waals surface area (Å²) < 4.78 is 38.0. The largest absolute Gasteiger partial charge is 0.417 e. The second kappa shape index (κ2) is 3.93. The Morgan fingerprint density at radius 3 is 2.47 bits per heavy atom. The van der Waals surface area contributed by atoms with Crippen LogP contribution >= 0.6 is 0 Å². The summed E-state index contributed by atoms with van der Waals surface area (Å²) in [6, 6.07) is 5.09. The van der Waals surface area contributed by atoms with E-state index in [9.17, 15) is 13.2 Å². The lowest BCUT2D eigenvalue weighted by atomic mass is 10.0. The fourth-order valence-corrected chi connectivity index (χ4v) is 1.73. The Hall–Kier alpha value is -1.74. The number of halogens is 3. The van der Waals surface area contributed by atoms with Gasteiger partial charge < -0.3 is 10.0 Å². The van der Waals surface area contributed by atoms with Crippen LogP contribution in [0.4, 0.5) is 18.9 Å². The molecule has 1 aliphatic rings. The lowest BCUT2D eigenvalue weighted by Gasteiger charge is -2.38. The summed E-state index contributed by atoms with van der Waals surface area (Å²) in [6.45, 7) is 0.645. The standard InChI is InChI=1S/C11H9F3N2O/c12-11(13,14)10-3-8(2-1-7(10)4-15)16-5-9(17)6-16/h1-3,9,17H,5-6H2. The molecule has 90 valence electrons. The number of aliphatic hydroxyl groups is 1. The van der Waals surface area contributed by atoms with Gasteiger partial charge in [-0.3, -0.25) is 0 Å². The van der Waals surface area contributed by atoms with Crippen LogP contribution in [0.3, 0.4) is 0 Å². The summed E-state index contributed by atoms with van der Waals surface area (Å²) in [5, 5.41) is 17.7. The molecule has 0 amide bonds. The fraction of sp³-hybridized carbons (Fsp3) is 0.364. The van der Waals surface area contributed by atoms with Crippen molar-refractivity contribution in [2.24, 2.45) is 0 Å². The highest BCUT2D eigenvalue weighted by Gasteiger charge is 2.35. The van der Waals surface area contributed by atoms with Crippen LogP contribution in [0.2, 0.25) is 0 Å². The number of hydrogen-bond acceptors (Lipinski definition) is 3. The number of anilines is 1. The number of alkyl halides is 3. The number of benzene rings is 1. The Balaban J connectivity index is 2.36. The number of aliphatic hydroxyl groups excluding tert-OH is 1. The first-order chi connectivity index (χ1) is 7.91. The molecule has 0 spiro atoms. The number of β-amino-alcohol motifs (C(OH)–C–C–N with tert-alkyl or cyclic N) is 1. The molecule has 1 aromatic rings. The number of rotatable bonds is 1. The van der Waals surface area contributed by atoms with Gasteiger partial charge in [-0.15, -0.1) is 0 Å². The highest BCUT2D eigenvalue weighted by atomic mass is 19.4. The zero-order chi connectivity index (χ0) is 12.6. The molecule has 0 radical (unpaired) electrons. The van der Waals surface area contributed by atoms with Gasteiger partial charge in [-0.05, 0) is 18.2 Å². The van der Waals surface area contributed by atoms with Crippen LogP contribution in [0.25, 0.3) is 0 Å². The van der Waals surface area contributed by atoms with Gasteiger partial charge >= 0.3 is 6.18 Å². The molecule has 1 fully saturated rings. The zero-order valence-corrected chi connectivity index (χ0v) is 8.70. The molecule has 6 heteroatoms. The summed E-state index contributed by atoms with van der Waals surface area (Å²) in [4.78, 5) is 1.63. The van der Waals surface area contributed by atoms with E-state index < -0.39 is 17.8 Å². The monoisotopic (exact) mass is 242 g/mol. The van der Waals surface area contributed by atoms with Crippen molar-refractivity contribution in [3.63, 3.8) is 0 Å². The second-order valence-corrected chi connectivity index (χ2v) is 3.90. The molecule has 0 atom stereocenters. The van der Waals surface area contributed by atoms with Crippen LogP contribution in [0.5, 0.6) is 0 Å². The third-order valence-electron chi connectivity index (χ3n) is 2.66. The van der Waals surface area contributed by atoms with E-state index in [0.29, 0.717) is 18.8 Å². The van der Waals surface area contributed by atoms with Crippen molar-refractivity contribution in [2.75, 3.05) is 18.0 Å². The van der Waals surface area contributed by atoms with Crippen LogP contribution in [-0.4, -0.2) is 24.3 Å². The van der Waals surface area contributed by atoms with Crippen LogP contribution in [-0.2, 0) is 6.18 Å². The maximum absolute atomic E-state index is 12.7. The van der Waals surface area contributed by atoms with E-state index in [1.165, 1.54) is 12.1 Å². The van der Waals surface area contributed by atoms with Crippen molar-refractivity contribution in [2.45, 2.75) is 12.3 Å². The normalized spacial score (nSPS) is 16.5. The van der Waals surface area contributed by atoms with Crippen LogP contribution in [0.15, 0.2) is 18.2 Å². The molecule has 1 heterocycles. The lowest BCUT2D eigenvalue weighted by Crippen LogP contribution is -2.50. The molecule has 0 aromatic heterocycles. The molecule has 1 aromatic carbocycles. The fourth-order valence-electron chi connectivity index (χ4n) is 1.73. The summed E-state index contributed by atoms with van der Waals surface area (Å²) in [5.74, 6) is 0. The second-order valence-electron chi connectivity index (χ2n) is 3.90. The minimum absolute atomic E-state index is 0.323. The van der Waals surface area contributed by atoms with Gasteiger partial charge in [0.15, 0.2) is 0 Å². The Morgan fingerprint density at radius 2 is 2.00 bits per heavy atom. The van der Waals surface area contributed by atoms with E-state index in [2.05, 4.69) is 0 Å². The Bertz CT molecular complexity index is 473. The molecule has 2 rings (SSSR count). The maximum Gasteiger partial charge on any atom is 0.417 e. The molecule has 0 saturated carbocycles. The lowest BCUT2D eigenvalue weighted by molar-refractivity contribution is -0.137. The smallest absolute Gasteiger partial charge is 0.389 e. The van der Waals surface area contributed by atoms with E-state index >= 15 is 0 Å². The van der Waals surface area contributed by atoms with Crippen molar-refractivity contribution in [3.8, 4) is 6.07 Å². The molecule has 3 nitrogen and oxygen atoms in total. The summed E-state index contributed by atoms with van der Waals surface area (Å²) in [7, 11) is 0. The van der Waals surface area contributed by atoms with E-state index in [0.717, 1.165) is 12.1 Å². The van der Waals surface area contributed by atoms with Gasteiger partial charge in [-0.1, -0.05) is 0 Å². The summed E-state index contributed by atoms with van der Waals surface area (Å²) in [6.07, 6.45) is -5.02. The van der Waals surface area contributed by atoms with Crippen LogP contribution in [0.1, 0.15) is 11.1 Å². The first kappa shape index (κ1) is 11.7. The van der Waals surface area contributed by atoms with Gasteiger partial charge in [-0.25, -0.2) is 0 Å². The molecule has 0 bridgehead atoms. The Labute approximate surface area is 95.7 Å². The van der Waals surface area contributed by atoms with Crippen LogP contribution in [0, 0.1) is 11.3 Å². The topological polar surface area (TPSA) is 47.3 Å². The average Bonchev–Trinajstić information content (AvgIpc) is 2.23. The molecule has 1 N–H and O–H groups in total. The molecular formula is C11H9F3N2O. The maximum atomic E-state index is 12.7. The summed E-state index contributed by atoms with van der Waals surface area (Å²) >= 11 is 0. The average molecular weight is 242 g/mol. The van der Waals surface area contributed by atoms with Crippen LogP contribution < -0.4 is 4.90 Å². The molecule has 1 saturated heterocycles. The van der Waals surface area contributed by atoms with Crippen molar-refractivity contribution in [1.82, 2.24) is 0 Å². The first-order valence-electron chi connectivity index (χ1n) is 4.96. The number of hydrogen-bond donors (Lipinski definition) is 1. The van der Waals surface area contributed by atoms with E-state index in [1.807, 2.05) is 0 Å². The SMILES string of the molecule is N#Cc1ccc(N2CC(O)C2)cc1C(F)(F)F. The third-order valence-corrected chi connectivity index (χ3v) is 2.66. The molecule has 0 aliphatic carbocycles. The predicted octanol–water partition coefficient (Wildman–Crippen LogP) is 1.76. The molecule has 0 unspecified atom stereocenters. The van der Waals surface area contributed by atoms with Gasteiger partial charge in [0.1, 0.15) is 0 Å². The van der Waals surface area contributed by atoms with E-state index in [4.69, 9.17) is 10.4 Å². The van der Waals surface area contributed by atoms with Gasteiger partial charge in [-0.2, -0.15) is 18.4 Å². The zero-order valence-electron chi connectivity index (χ0n) is 8.70. The van der Waals surface area contributed by atoms with Gasteiger partial charge in [0.25, 0.3) is 0 Å². The Kier molecular flexibility index (Phi) is 2.71. The highest BCUT2D eigenvalue weighted by Crippen LogP contribution is 2.35. The Morgan fingerprint density at radius 1 is 1.35 bits per heavy atom. The highest BCUT2D eigenvalue weighted by molar-refractivity contribution is 5.56. The van der Waals surface area contributed by atoms with E-state index in [1.54, 1.807) is 4.90 Å². The molecule has 1 aliphatic heterocycles. The summed E-state index contributed by atoms with van der Waals surface area (Å²) in [5.41, 5.74) is -0.942. The third kappa shape index (κ3) is 2.19. The molecular weight excluding hydrogens is 233 g/mol. The van der Waals surface area contributed by atoms with E-state index in [-0.39, 0.29) is 5.56 Å². The van der Waals surface area contributed by atoms with Crippen molar-refractivity contribution >= 4 is 5.69 Å². The number of nitriles is 1. The van der Waals surface area contributed by atoms with Gasteiger partial charge in [0.2, 0.25) is 0 Å². The first-order valence-corrected chi connectivity index (χ1v) is 4.96. The quantitative estimate of drug-likeness (QED) is 0.816.